The van der Waals surface area contributed by atoms with Gasteiger partial charge in [0.1, 0.15) is 0 Å². The van der Waals surface area contributed by atoms with Crippen LogP contribution in [0.1, 0.15) is 12.0 Å². The third-order valence-corrected chi connectivity index (χ3v) is 3.49. The van der Waals surface area contributed by atoms with E-state index in [-0.39, 0.29) is 36.2 Å². The van der Waals surface area contributed by atoms with E-state index in [2.05, 4.69) is 5.32 Å². The van der Waals surface area contributed by atoms with Crippen LogP contribution < -0.4 is 20.5 Å². The number of hydrogen-bond acceptors (Lipinski definition) is 4. The van der Waals surface area contributed by atoms with E-state index in [0.717, 1.165) is 5.56 Å². The topological polar surface area (TPSA) is 73.6 Å². The molecule has 3 N–H and O–H groups in total. The number of anilines is 2. The summed E-state index contributed by atoms with van der Waals surface area (Å²) in [7, 11) is 1.34. The van der Waals surface area contributed by atoms with Crippen LogP contribution in [0.3, 0.4) is 0 Å². The van der Waals surface area contributed by atoms with Gasteiger partial charge in [-0.15, -0.1) is 12.4 Å². The fourth-order valence-corrected chi connectivity index (χ4v) is 2.23. The molecule has 0 unspecified atom stereocenters. The maximum atomic E-state index is 12.3. The van der Waals surface area contributed by atoms with Crippen LogP contribution in [0.4, 0.5) is 24.5 Å². The maximum Gasteiger partial charge on any atom is 0.422 e. The van der Waals surface area contributed by atoms with Gasteiger partial charge in [0.15, 0.2) is 18.1 Å². The van der Waals surface area contributed by atoms with Gasteiger partial charge in [0.25, 0.3) is 0 Å². The molecule has 0 heterocycles. The lowest BCUT2D eigenvalue weighted by Gasteiger charge is -2.13. The van der Waals surface area contributed by atoms with E-state index in [0.29, 0.717) is 17.8 Å². The van der Waals surface area contributed by atoms with Crippen LogP contribution in [0.5, 0.6) is 11.5 Å². The van der Waals surface area contributed by atoms with E-state index >= 15 is 0 Å². The molecule has 5 nitrogen and oxygen atoms in total. The molecule has 0 aromatic heterocycles. The normalized spacial score (nSPS) is 10.7. The predicted octanol–water partition coefficient (Wildman–Crippen LogP) is 4.21. The van der Waals surface area contributed by atoms with E-state index in [1.165, 1.54) is 13.2 Å². The number of carbonyl (C=O) groups excluding carboxylic acids is 1. The molecule has 0 saturated carbocycles. The Labute approximate surface area is 161 Å². The highest BCUT2D eigenvalue weighted by Crippen LogP contribution is 2.30. The second-order valence-electron chi connectivity index (χ2n) is 5.52. The van der Waals surface area contributed by atoms with E-state index in [4.69, 9.17) is 15.2 Å². The average Bonchev–Trinajstić information content (AvgIpc) is 2.59. The van der Waals surface area contributed by atoms with Crippen molar-refractivity contribution in [2.45, 2.75) is 19.0 Å². The first-order valence-electron chi connectivity index (χ1n) is 7.79. The molecule has 2 rings (SSSR count). The monoisotopic (exact) mass is 404 g/mol. The minimum atomic E-state index is -4.43. The number of nitrogen functional groups attached to an aromatic ring is 1. The number of halogens is 4. The van der Waals surface area contributed by atoms with Gasteiger partial charge in [-0.25, -0.2) is 0 Å². The molecule has 0 aliphatic heterocycles. The summed E-state index contributed by atoms with van der Waals surface area (Å²) in [5.74, 6) is -0.0474. The van der Waals surface area contributed by atoms with Gasteiger partial charge in [0.2, 0.25) is 5.91 Å². The van der Waals surface area contributed by atoms with Crippen LogP contribution in [0.15, 0.2) is 42.5 Å². The number of amides is 1. The van der Waals surface area contributed by atoms with Crippen LogP contribution in [-0.4, -0.2) is 25.8 Å². The van der Waals surface area contributed by atoms with Crippen molar-refractivity contribution >= 4 is 29.7 Å². The minimum Gasteiger partial charge on any atom is -0.493 e. The van der Waals surface area contributed by atoms with Crippen molar-refractivity contribution in [2.75, 3.05) is 24.8 Å². The fourth-order valence-electron chi connectivity index (χ4n) is 2.23. The Hall–Kier alpha value is -2.61. The average molecular weight is 405 g/mol. The summed E-state index contributed by atoms with van der Waals surface area (Å²) >= 11 is 0. The number of hydrogen-bond donors (Lipinski definition) is 2. The van der Waals surface area contributed by atoms with Crippen molar-refractivity contribution < 1.29 is 27.4 Å². The first kappa shape index (κ1) is 22.4. The molecule has 0 aliphatic rings. The number of methoxy groups -OCH3 is 1. The van der Waals surface area contributed by atoms with Gasteiger partial charge in [-0.05, 0) is 36.2 Å². The van der Waals surface area contributed by atoms with Gasteiger partial charge >= 0.3 is 6.18 Å². The van der Waals surface area contributed by atoms with Crippen molar-refractivity contribution in [1.29, 1.82) is 0 Å². The summed E-state index contributed by atoms with van der Waals surface area (Å²) in [6.07, 6.45) is -3.87. The Morgan fingerprint density at radius 3 is 2.48 bits per heavy atom. The van der Waals surface area contributed by atoms with Crippen LogP contribution >= 0.6 is 12.4 Å². The van der Waals surface area contributed by atoms with Crippen molar-refractivity contribution in [3.63, 3.8) is 0 Å². The first-order valence-corrected chi connectivity index (χ1v) is 7.79. The predicted molar refractivity (Wildman–Crippen MR) is 99.6 cm³/mol. The standard InChI is InChI=1S/C18H19F3N2O3.ClH/c1-25-16-10-12(6-8-15(16)26-11-18(19,20)21)7-9-17(24)23-14-5-3-2-4-13(14)22;/h2-6,8,10H,7,9,11,22H2,1H3,(H,23,24);1H. The number of nitrogens with two attached hydrogens (primary N) is 1. The third kappa shape index (κ3) is 7.26. The lowest BCUT2D eigenvalue weighted by atomic mass is 10.1. The van der Waals surface area contributed by atoms with Crippen LogP contribution in [0.25, 0.3) is 0 Å². The number of nitrogens with one attached hydrogen (secondary N) is 1. The van der Waals surface area contributed by atoms with Gasteiger partial charge in [-0.1, -0.05) is 18.2 Å². The Morgan fingerprint density at radius 2 is 1.85 bits per heavy atom. The van der Waals surface area contributed by atoms with Crippen molar-refractivity contribution in [1.82, 2.24) is 0 Å². The Morgan fingerprint density at radius 1 is 1.15 bits per heavy atom. The quantitative estimate of drug-likeness (QED) is 0.678. The van der Waals surface area contributed by atoms with Crippen molar-refractivity contribution in [3.05, 3.63) is 48.0 Å². The Bertz CT molecular complexity index is 770. The van der Waals surface area contributed by atoms with Gasteiger partial charge < -0.3 is 20.5 Å². The van der Waals surface area contributed by atoms with Crippen LogP contribution in [0, 0.1) is 0 Å². The number of para-hydroxylation sites is 2. The first-order chi connectivity index (χ1) is 12.3. The summed E-state index contributed by atoms with van der Waals surface area (Å²) in [5.41, 5.74) is 7.50. The smallest absolute Gasteiger partial charge is 0.422 e. The zero-order valence-electron chi connectivity index (χ0n) is 14.5. The molecular formula is C18H20ClF3N2O3. The molecule has 0 radical (unpaired) electrons. The van der Waals surface area contributed by atoms with Crippen molar-refractivity contribution in [3.8, 4) is 11.5 Å². The highest BCUT2D eigenvalue weighted by Gasteiger charge is 2.29. The summed E-state index contributed by atoms with van der Waals surface area (Å²) in [5, 5.41) is 2.71. The lowest BCUT2D eigenvalue weighted by Crippen LogP contribution is -2.19. The SMILES string of the molecule is COc1cc(CCC(=O)Nc2ccccc2N)ccc1OCC(F)(F)F.Cl. The summed E-state index contributed by atoms with van der Waals surface area (Å²) in [4.78, 5) is 12.0. The molecule has 0 bridgehead atoms. The zero-order valence-corrected chi connectivity index (χ0v) is 15.3. The van der Waals surface area contributed by atoms with E-state index in [9.17, 15) is 18.0 Å². The summed E-state index contributed by atoms with van der Waals surface area (Å²) < 4.78 is 46.5. The number of rotatable bonds is 7. The summed E-state index contributed by atoms with van der Waals surface area (Å²) in [6.45, 7) is -1.40. The number of alkyl halides is 3. The molecule has 0 fully saturated rings. The molecule has 0 atom stereocenters. The number of carbonyl (C=O) groups is 1. The summed E-state index contributed by atoms with van der Waals surface area (Å²) in [6, 6.07) is 11.4. The maximum absolute atomic E-state index is 12.3. The molecule has 1 amide bonds. The molecule has 0 saturated heterocycles. The lowest BCUT2D eigenvalue weighted by molar-refractivity contribution is -0.153. The molecule has 2 aromatic rings. The minimum absolute atomic E-state index is 0. The second-order valence-corrected chi connectivity index (χ2v) is 5.52. The number of aryl methyl sites for hydroxylation is 1. The second kappa shape index (κ2) is 9.91. The van der Waals surface area contributed by atoms with Gasteiger partial charge in [0, 0.05) is 6.42 Å². The Balaban J connectivity index is 0.00000364. The largest absolute Gasteiger partial charge is 0.493 e. The molecule has 0 spiro atoms. The molecule has 27 heavy (non-hydrogen) atoms. The van der Waals surface area contributed by atoms with Gasteiger partial charge in [-0.3, -0.25) is 4.79 Å². The van der Waals surface area contributed by atoms with Crippen molar-refractivity contribution in [2.24, 2.45) is 0 Å². The van der Waals surface area contributed by atoms with E-state index in [1.54, 1.807) is 36.4 Å². The highest BCUT2D eigenvalue weighted by atomic mass is 35.5. The molecule has 2 aromatic carbocycles. The van der Waals surface area contributed by atoms with Crippen LogP contribution in [-0.2, 0) is 11.2 Å². The fraction of sp³-hybridized carbons (Fsp3) is 0.278. The third-order valence-electron chi connectivity index (χ3n) is 3.49. The zero-order chi connectivity index (χ0) is 19.2. The van der Waals surface area contributed by atoms with Gasteiger partial charge in [0.05, 0.1) is 18.5 Å². The Kier molecular flexibility index (Phi) is 8.24. The van der Waals surface area contributed by atoms with E-state index < -0.39 is 12.8 Å². The van der Waals surface area contributed by atoms with E-state index in [1.807, 2.05) is 0 Å². The molecule has 0 aliphatic carbocycles. The number of benzene rings is 2. The molecule has 9 heteroatoms. The molecule has 148 valence electrons. The van der Waals surface area contributed by atoms with Crippen LogP contribution in [0.2, 0.25) is 0 Å². The van der Waals surface area contributed by atoms with Gasteiger partial charge in [-0.2, -0.15) is 13.2 Å². The highest BCUT2D eigenvalue weighted by molar-refractivity contribution is 5.93. The number of ether oxygens (including phenoxy) is 2. The molecular weight excluding hydrogens is 385 g/mol.